The van der Waals surface area contributed by atoms with E-state index in [9.17, 15) is 13.2 Å². The Morgan fingerprint density at radius 1 is 1.05 bits per heavy atom. The monoisotopic (exact) mass is 302 g/mol. The first-order chi connectivity index (χ1) is 9.40. The predicted octanol–water partition coefficient (Wildman–Crippen LogP) is 4.91. The number of ether oxygens (including phenoxy) is 2. The SMILES string of the molecule is COc1c(Cl)cccc1-c1cccc(OC(F)(F)F)c1. The van der Waals surface area contributed by atoms with Crippen molar-refractivity contribution in [1.29, 1.82) is 0 Å². The van der Waals surface area contributed by atoms with Crippen LogP contribution in [0.15, 0.2) is 42.5 Å². The molecule has 2 nitrogen and oxygen atoms in total. The van der Waals surface area contributed by atoms with Gasteiger partial charge in [-0.3, -0.25) is 0 Å². The van der Waals surface area contributed by atoms with E-state index in [1.54, 1.807) is 24.3 Å². The van der Waals surface area contributed by atoms with Gasteiger partial charge in [-0.1, -0.05) is 35.9 Å². The lowest BCUT2D eigenvalue weighted by atomic mass is 10.0. The lowest BCUT2D eigenvalue weighted by molar-refractivity contribution is -0.274. The minimum atomic E-state index is -4.73. The van der Waals surface area contributed by atoms with E-state index in [0.29, 0.717) is 21.9 Å². The van der Waals surface area contributed by atoms with Gasteiger partial charge in [0.05, 0.1) is 12.1 Å². The van der Waals surface area contributed by atoms with Gasteiger partial charge in [-0.15, -0.1) is 13.2 Å². The molecule has 0 spiro atoms. The first-order valence-electron chi connectivity index (χ1n) is 5.59. The van der Waals surface area contributed by atoms with Crippen molar-refractivity contribution in [3.63, 3.8) is 0 Å². The molecule has 0 radical (unpaired) electrons. The summed E-state index contributed by atoms with van der Waals surface area (Å²) in [7, 11) is 1.45. The smallest absolute Gasteiger partial charge is 0.495 e. The van der Waals surface area contributed by atoms with Gasteiger partial charge in [0.1, 0.15) is 11.5 Å². The molecule has 6 heteroatoms. The van der Waals surface area contributed by atoms with Crippen LogP contribution >= 0.6 is 11.6 Å². The van der Waals surface area contributed by atoms with Gasteiger partial charge in [0.15, 0.2) is 0 Å². The minimum Gasteiger partial charge on any atom is -0.495 e. The predicted molar refractivity (Wildman–Crippen MR) is 70.1 cm³/mol. The van der Waals surface area contributed by atoms with Crippen molar-refractivity contribution in [3.05, 3.63) is 47.5 Å². The Kier molecular flexibility index (Phi) is 4.09. The van der Waals surface area contributed by atoms with Gasteiger partial charge >= 0.3 is 6.36 Å². The summed E-state index contributed by atoms with van der Waals surface area (Å²) in [5, 5.41) is 0.382. The Bertz CT molecular complexity index is 612. The lowest BCUT2D eigenvalue weighted by Crippen LogP contribution is -2.17. The van der Waals surface area contributed by atoms with Crippen molar-refractivity contribution in [3.8, 4) is 22.6 Å². The average molecular weight is 303 g/mol. The van der Waals surface area contributed by atoms with Crippen molar-refractivity contribution in [2.24, 2.45) is 0 Å². The molecule has 0 bridgehead atoms. The summed E-state index contributed by atoms with van der Waals surface area (Å²) in [4.78, 5) is 0. The minimum absolute atomic E-state index is 0.294. The fourth-order valence-electron chi connectivity index (χ4n) is 1.80. The molecule has 0 aliphatic carbocycles. The molecule has 0 saturated carbocycles. The fraction of sp³-hybridized carbons (Fsp3) is 0.143. The van der Waals surface area contributed by atoms with Crippen LogP contribution in [0.4, 0.5) is 13.2 Å². The summed E-state index contributed by atoms with van der Waals surface area (Å²) in [6.45, 7) is 0. The Labute approximate surface area is 118 Å². The summed E-state index contributed by atoms with van der Waals surface area (Å²) in [5.74, 6) is 0.107. The van der Waals surface area contributed by atoms with Crippen LogP contribution in [0, 0.1) is 0 Å². The molecule has 0 amide bonds. The zero-order chi connectivity index (χ0) is 14.8. The maximum atomic E-state index is 12.2. The van der Waals surface area contributed by atoms with Gasteiger partial charge in [0, 0.05) is 5.56 Å². The molecule has 0 heterocycles. The largest absolute Gasteiger partial charge is 0.573 e. The van der Waals surface area contributed by atoms with Crippen molar-refractivity contribution in [1.82, 2.24) is 0 Å². The van der Waals surface area contributed by atoms with Gasteiger partial charge in [-0.25, -0.2) is 0 Å². The summed E-state index contributed by atoms with van der Waals surface area (Å²) in [5.41, 5.74) is 1.11. The summed E-state index contributed by atoms with van der Waals surface area (Å²) in [6, 6.07) is 10.7. The molecular formula is C14H10ClF3O2. The number of hydrogen-bond donors (Lipinski definition) is 0. The Morgan fingerprint density at radius 3 is 2.40 bits per heavy atom. The number of rotatable bonds is 3. The van der Waals surface area contributed by atoms with Gasteiger partial charge in [0.25, 0.3) is 0 Å². The van der Waals surface area contributed by atoms with Crippen LogP contribution in [0.25, 0.3) is 11.1 Å². The number of halogens is 4. The highest BCUT2D eigenvalue weighted by Gasteiger charge is 2.31. The molecule has 0 aromatic heterocycles. The standard InChI is InChI=1S/C14H10ClF3O2/c1-19-13-11(6-3-7-12(13)15)9-4-2-5-10(8-9)20-14(16,17)18/h2-8H,1H3. The van der Waals surface area contributed by atoms with E-state index in [1.807, 2.05) is 0 Å². The fourth-order valence-corrected chi connectivity index (χ4v) is 2.06. The number of hydrogen-bond acceptors (Lipinski definition) is 2. The molecule has 0 N–H and O–H groups in total. The van der Waals surface area contributed by atoms with E-state index in [1.165, 1.54) is 25.3 Å². The molecule has 0 saturated heterocycles. The molecule has 0 unspecified atom stereocenters. The Hall–Kier alpha value is -1.88. The van der Waals surface area contributed by atoms with Crippen molar-refractivity contribution < 1.29 is 22.6 Å². The molecule has 2 aromatic rings. The van der Waals surface area contributed by atoms with Crippen LogP contribution in [-0.2, 0) is 0 Å². The number of alkyl halides is 3. The van der Waals surface area contributed by atoms with E-state index in [0.717, 1.165) is 0 Å². The molecule has 0 aliphatic rings. The maximum Gasteiger partial charge on any atom is 0.573 e. The van der Waals surface area contributed by atoms with Crippen LogP contribution in [0.2, 0.25) is 5.02 Å². The molecule has 106 valence electrons. The third-order valence-corrected chi connectivity index (χ3v) is 2.85. The van der Waals surface area contributed by atoms with Gasteiger partial charge in [-0.05, 0) is 23.8 Å². The van der Waals surface area contributed by atoms with Crippen LogP contribution in [0.1, 0.15) is 0 Å². The first-order valence-corrected chi connectivity index (χ1v) is 5.97. The van der Waals surface area contributed by atoms with Gasteiger partial charge < -0.3 is 9.47 Å². The molecule has 2 aromatic carbocycles. The zero-order valence-corrected chi connectivity index (χ0v) is 11.1. The highest BCUT2D eigenvalue weighted by atomic mass is 35.5. The van der Waals surface area contributed by atoms with Crippen LogP contribution < -0.4 is 9.47 Å². The highest BCUT2D eigenvalue weighted by molar-refractivity contribution is 6.32. The Balaban J connectivity index is 2.44. The number of para-hydroxylation sites is 1. The summed E-state index contributed by atoms with van der Waals surface area (Å²) >= 11 is 5.99. The van der Waals surface area contributed by atoms with Crippen LogP contribution in [0.5, 0.6) is 11.5 Å². The number of benzene rings is 2. The van der Waals surface area contributed by atoms with Crippen molar-refractivity contribution in [2.45, 2.75) is 6.36 Å². The van der Waals surface area contributed by atoms with Gasteiger partial charge in [0.2, 0.25) is 0 Å². The molecule has 2 rings (SSSR count). The first kappa shape index (κ1) is 14.5. The lowest BCUT2D eigenvalue weighted by Gasteiger charge is -2.12. The second kappa shape index (κ2) is 5.63. The maximum absolute atomic E-state index is 12.2. The van der Waals surface area contributed by atoms with Crippen LogP contribution in [-0.4, -0.2) is 13.5 Å². The zero-order valence-electron chi connectivity index (χ0n) is 10.4. The van der Waals surface area contributed by atoms with Gasteiger partial charge in [-0.2, -0.15) is 0 Å². The number of methoxy groups -OCH3 is 1. The molecule has 0 aliphatic heterocycles. The average Bonchev–Trinajstić information content (AvgIpc) is 2.36. The second-order valence-electron chi connectivity index (χ2n) is 3.90. The molecule has 20 heavy (non-hydrogen) atoms. The second-order valence-corrected chi connectivity index (χ2v) is 4.30. The topological polar surface area (TPSA) is 18.5 Å². The summed E-state index contributed by atoms with van der Waals surface area (Å²) in [6.07, 6.45) is -4.73. The van der Waals surface area contributed by atoms with Crippen molar-refractivity contribution >= 4 is 11.6 Å². The third-order valence-electron chi connectivity index (χ3n) is 2.55. The third kappa shape index (κ3) is 3.36. The van der Waals surface area contributed by atoms with Crippen LogP contribution in [0.3, 0.4) is 0 Å². The molecular weight excluding hydrogens is 293 g/mol. The van der Waals surface area contributed by atoms with Crippen molar-refractivity contribution in [2.75, 3.05) is 7.11 Å². The van der Waals surface area contributed by atoms with E-state index in [-0.39, 0.29) is 5.75 Å². The van der Waals surface area contributed by atoms with E-state index < -0.39 is 6.36 Å². The highest BCUT2D eigenvalue weighted by Crippen LogP contribution is 2.37. The normalized spacial score (nSPS) is 11.2. The Morgan fingerprint density at radius 2 is 1.75 bits per heavy atom. The summed E-state index contributed by atoms with van der Waals surface area (Å²) < 4.78 is 45.7. The van der Waals surface area contributed by atoms with E-state index >= 15 is 0 Å². The molecule has 0 atom stereocenters. The quantitative estimate of drug-likeness (QED) is 0.801. The van der Waals surface area contributed by atoms with E-state index in [2.05, 4.69) is 4.74 Å². The molecule has 0 fully saturated rings. The van der Waals surface area contributed by atoms with E-state index in [4.69, 9.17) is 16.3 Å².